The molecule has 0 amide bonds. The molecule has 0 aliphatic carbocycles. The highest BCUT2D eigenvalue weighted by atomic mass is 127. The molecule has 1 aliphatic heterocycles. The van der Waals surface area contributed by atoms with E-state index in [0.717, 1.165) is 31.2 Å². The summed E-state index contributed by atoms with van der Waals surface area (Å²) in [5.41, 5.74) is 1.14. The SMILES string of the molecule is CCNC(=NCC(O)Cc1ccccc1)NC1CN(C(C)C)CC1C.I. The summed E-state index contributed by atoms with van der Waals surface area (Å²) in [5, 5.41) is 17.1. The molecule has 1 aromatic rings. The molecule has 0 spiro atoms. The minimum absolute atomic E-state index is 0. The second-order valence-electron chi connectivity index (χ2n) is 7.34. The number of likely N-dealkylation sites (tertiary alicyclic amines) is 1. The number of hydrogen-bond acceptors (Lipinski definition) is 3. The standard InChI is InChI=1S/C20H34N4O.HI/c1-5-21-20(23-19-14-24(15(2)3)13-16(19)4)22-12-18(25)11-17-9-7-6-8-10-17;/h6-10,15-16,18-19,25H,5,11-14H2,1-4H3,(H2,21,22,23);1H. The molecule has 1 aliphatic rings. The molecule has 3 atom stereocenters. The van der Waals surface area contributed by atoms with Crippen molar-refractivity contribution in [2.45, 2.75) is 52.3 Å². The van der Waals surface area contributed by atoms with Gasteiger partial charge in [-0.3, -0.25) is 9.89 Å². The average Bonchev–Trinajstić information content (AvgIpc) is 2.95. The van der Waals surface area contributed by atoms with Crippen LogP contribution in [0, 0.1) is 5.92 Å². The summed E-state index contributed by atoms with van der Waals surface area (Å²) in [6, 6.07) is 11.0. The summed E-state index contributed by atoms with van der Waals surface area (Å²) in [5.74, 6) is 1.39. The van der Waals surface area contributed by atoms with Crippen LogP contribution in [-0.2, 0) is 6.42 Å². The third-order valence-corrected chi connectivity index (χ3v) is 4.81. The third kappa shape index (κ3) is 7.40. The number of aliphatic imine (C=N–C) groups is 1. The van der Waals surface area contributed by atoms with E-state index in [1.807, 2.05) is 30.3 Å². The van der Waals surface area contributed by atoms with Crippen molar-refractivity contribution in [1.82, 2.24) is 15.5 Å². The smallest absolute Gasteiger partial charge is 0.191 e. The molecule has 0 radical (unpaired) electrons. The summed E-state index contributed by atoms with van der Waals surface area (Å²) < 4.78 is 0. The minimum Gasteiger partial charge on any atom is -0.391 e. The van der Waals surface area contributed by atoms with Crippen molar-refractivity contribution in [2.24, 2.45) is 10.9 Å². The molecule has 1 fully saturated rings. The summed E-state index contributed by atoms with van der Waals surface area (Å²) in [7, 11) is 0. The summed E-state index contributed by atoms with van der Waals surface area (Å²) in [4.78, 5) is 7.10. The van der Waals surface area contributed by atoms with E-state index in [1.165, 1.54) is 0 Å². The maximum atomic E-state index is 10.3. The Bertz CT molecular complexity index is 538. The molecule has 2 rings (SSSR count). The van der Waals surface area contributed by atoms with E-state index in [9.17, 15) is 5.11 Å². The van der Waals surface area contributed by atoms with Crippen molar-refractivity contribution in [2.75, 3.05) is 26.2 Å². The summed E-state index contributed by atoms with van der Waals surface area (Å²) in [6.07, 6.45) is 0.163. The lowest BCUT2D eigenvalue weighted by molar-refractivity contribution is 0.183. The molecule has 0 saturated carbocycles. The van der Waals surface area contributed by atoms with Gasteiger partial charge in [-0.15, -0.1) is 24.0 Å². The molecule has 1 saturated heterocycles. The topological polar surface area (TPSA) is 59.9 Å². The fraction of sp³-hybridized carbons (Fsp3) is 0.650. The van der Waals surface area contributed by atoms with E-state index in [4.69, 9.17) is 0 Å². The van der Waals surface area contributed by atoms with E-state index in [-0.39, 0.29) is 24.0 Å². The van der Waals surface area contributed by atoms with Crippen molar-refractivity contribution < 1.29 is 5.11 Å². The molecule has 1 aromatic carbocycles. The van der Waals surface area contributed by atoms with E-state index in [2.05, 4.69) is 48.2 Å². The van der Waals surface area contributed by atoms with Gasteiger partial charge in [-0.25, -0.2) is 0 Å². The molecule has 148 valence electrons. The molecule has 3 unspecified atom stereocenters. The molecular formula is C20H35IN4O. The minimum atomic E-state index is -0.467. The van der Waals surface area contributed by atoms with Gasteiger partial charge in [0.2, 0.25) is 0 Å². The van der Waals surface area contributed by atoms with Crippen LogP contribution in [0.25, 0.3) is 0 Å². The first-order valence-corrected chi connectivity index (χ1v) is 9.50. The lowest BCUT2D eigenvalue weighted by Gasteiger charge is -2.22. The van der Waals surface area contributed by atoms with Gasteiger partial charge in [-0.2, -0.15) is 0 Å². The zero-order valence-corrected chi connectivity index (χ0v) is 18.8. The summed E-state index contributed by atoms with van der Waals surface area (Å²) in [6.45, 7) is 12.2. The fourth-order valence-corrected chi connectivity index (χ4v) is 3.26. The molecule has 0 aromatic heterocycles. The predicted octanol–water partition coefficient (Wildman–Crippen LogP) is 2.49. The number of nitrogens with one attached hydrogen (secondary N) is 2. The number of rotatable bonds is 7. The number of hydrogen-bond donors (Lipinski definition) is 3. The van der Waals surface area contributed by atoms with Gasteiger partial charge in [0.15, 0.2) is 5.96 Å². The average molecular weight is 474 g/mol. The Morgan fingerprint density at radius 2 is 1.96 bits per heavy atom. The van der Waals surface area contributed by atoms with Gasteiger partial charge in [0, 0.05) is 38.1 Å². The maximum absolute atomic E-state index is 10.3. The lowest BCUT2D eigenvalue weighted by Crippen LogP contribution is -2.47. The van der Waals surface area contributed by atoms with Crippen LogP contribution < -0.4 is 10.6 Å². The van der Waals surface area contributed by atoms with Crippen LogP contribution in [0.2, 0.25) is 0 Å². The molecule has 6 heteroatoms. The van der Waals surface area contributed by atoms with Crippen molar-refractivity contribution in [3.8, 4) is 0 Å². The van der Waals surface area contributed by atoms with Crippen molar-refractivity contribution in [1.29, 1.82) is 0 Å². The number of nitrogens with zero attached hydrogens (tertiary/aromatic N) is 2. The Labute approximate surface area is 175 Å². The molecular weight excluding hydrogens is 439 g/mol. The van der Waals surface area contributed by atoms with Crippen LogP contribution in [0.4, 0.5) is 0 Å². The highest BCUT2D eigenvalue weighted by molar-refractivity contribution is 14.0. The number of aliphatic hydroxyl groups is 1. The second kappa shape index (κ2) is 11.8. The van der Waals surface area contributed by atoms with Crippen LogP contribution in [0.15, 0.2) is 35.3 Å². The summed E-state index contributed by atoms with van der Waals surface area (Å²) >= 11 is 0. The van der Waals surface area contributed by atoms with Gasteiger partial charge in [-0.1, -0.05) is 37.3 Å². The first-order chi connectivity index (χ1) is 12.0. The number of guanidine groups is 1. The predicted molar refractivity (Wildman–Crippen MR) is 120 cm³/mol. The van der Waals surface area contributed by atoms with Crippen molar-refractivity contribution >= 4 is 29.9 Å². The van der Waals surface area contributed by atoms with E-state index >= 15 is 0 Å². The fourth-order valence-electron chi connectivity index (χ4n) is 3.26. The van der Waals surface area contributed by atoms with E-state index < -0.39 is 6.10 Å². The third-order valence-electron chi connectivity index (χ3n) is 4.81. The van der Waals surface area contributed by atoms with Gasteiger partial charge in [-0.05, 0) is 32.3 Å². The van der Waals surface area contributed by atoms with Crippen LogP contribution in [0.3, 0.4) is 0 Å². The normalized spacial score (nSPS) is 22.2. The maximum Gasteiger partial charge on any atom is 0.191 e. The Hall–Kier alpha value is -0.860. The van der Waals surface area contributed by atoms with E-state index in [0.29, 0.717) is 31.0 Å². The van der Waals surface area contributed by atoms with Crippen molar-refractivity contribution in [3.05, 3.63) is 35.9 Å². The van der Waals surface area contributed by atoms with Crippen LogP contribution in [0.5, 0.6) is 0 Å². The van der Waals surface area contributed by atoms with Gasteiger partial charge in [0.1, 0.15) is 0 Å². The first kappa shape index (κ1) is 23.2. The Morgan fingerprint density at radius 1 is 1.27 bits per heavy atom. The number of aliphatic hydroxyl groups excluding tert-OH is 1. The number of halogens is 1. The molecule has 0 bridgehead atoms. The monoisotopic (exact) mass is 474 g/mol. The highest BCUT2D eigenvalue weighted by Crippen LogP contribution is 2.18. The zero-order valence-electron chi connectivity index (χ0n) is 16.5. The first-order valence-electron chi connectivity index (χ1n) is 9.50. The number of benzene rings is 1. The van der Waals surface area contributed by atoms with E-state index in [1.54, 1.807) is 0 Å². The van der Waals surface area contributed by atoms with Gasteiger partial charge < -0.3 is 15.7 Å². The van der Waals surface area contributed by atoms with Crippen molar-refractivity contribution in [3.63, 3.8) is 0 Å². The second-order valence-corrected chi connectivity index (χ2v) is 7.34. The largest absolute Gasteiger partial charge is 0.391 e. The zero-order chi connectivity index (χ0) is 18.2. The Morgan fingerprint density at radius 3 is 2.54 bits per heavy atom. The van der Waals surface area contributed by atoms with Crippen LogP contribution >= 0.6 is 24.0 Å². The molecule has 1 heterocycles. The lowest BCUT2D eigenvalue weighted by atomic mass is 10.1. The highest BCUT2D eigenvalue weighted by Gasteiger charge is 2.31. The van der Waals surface area contributed by atoms with Gasteiger partial charge >= 0.3 is 0 Å². The van der Waals surface area contributed by atoms with Gasteiger partial charge in [0.05, 0.1) is 12.6 Å². The molecule has 5 nitrogen and oxygen atoms in total. The molecule has 3 N–H and O–H groups in total. The Balaban J connectivity index is 0.00000338. The molecule has 26 heavy (non-hydrogen) atoms. The van der Waals surface area contributed by atoms with Crippen LogP contribution in [0.1, 0.15) is 33.3 Å². The van der Waals surface area contributed by atoms with Gasteiger partial charge in [0.25, 0.3) is 0 Å². The van der Waals surface area contributed by atoms with Crippen LogP contribution in [-0.4, -0.2) is 60.3 Å². The Kier molecular flexibility index (Phi) is 10.5. The quantitative estimate of drug-likeness (QED) is 0.323.